The van der Waals surface area contributed by atoms with Crippen molar-refractivity contribution in [1.29, 1.82) is 0 Å². The number of likely N-dealkylation sites (tertiary alicyclic amines) is 1. The number of carbonyl (C=O) groups excluding carboxylic acids is 1. The van der Waals surface area contributed by atoms with Gasteiger partial charge in [-0.05, 0) is 49.9 Å². The topological polar surface area (TPSA) is 50.6 Å². The number of amides is 1. The first-order valence-corrected chi connectivity index (χ1v) is 10.1. The molecule has 0 N–H and O–H groups in total. The Kier molecular flexibility index (Phi) is 4.26. The molecular formula is C21H26N4O2. The van der Waals surface area contributed by atoms with Crippen molar-refractivity contribution in [2.24, 2.45) is 0 Å². The maximum atomic E-state index is 13.0. The molecule has 5 rings (SSSR count). The van der Waals surface area contributed by atoms with Gasteiger partial charge in [0.2, 0.25) is 0 Å². The number of aromatic nitrogens is 2. The van der Waals surface area contributed by atoms with E-state index >= 15 is 0 Å². The first-order chi connectivity index (χ1) is 13.3. The van der Waals surface area contributed by atoms with Crippen LogP contribution in [0.5, 0.6) is 5.75 Å². The van der Waals surface area contributed by atoms with Crippen molar-refractivity contribution in [3.05, 3.63) is 42.4 Å². The van der Waals surface area contributed by atoms with Crippen LogP contribution in [0, 0.1) is 0 Å². The van der Waals surface area contributed by atoms with Gasteiger partial charge in [0.05, 0.1) is 6.54 Å². The number of ether oxygens (including phenoxy) is 1. The standard InChI is InChI=1S/C21H26N4O2/c26-21(18-5-4-13-25(18)16-7-8-16)24-14-9-17(15-24)27-19-6-3-10-22-20(19)23-11-1-2-12-23/h3-6,10,13,16-17H,1-2,7-9,11-12,14-15H2/t17-/m1/s1. The largest absolute Gasteiger partial charge is 0.485 e. The zero-order valence-corrected chi connectivity index (χ0v) is 15.6. The van der Waals surface area contributed by atoms with Crippen molar-refractivity contribution in [2.75, 3.05) is 31.1 Å². The van der Waals surface area contributed by atoms with Gasteiger partial charge < -0.3 is 19.1 Å². The lowest BCUT2D eigenvalue weighted by molar-refractivity contribution is 0.0761. The molecule has 27 heavy (non-hydrogen) atoms. The fourth-order valence-electron chi connectivity index (χ4n) is 4.24. The summed E-state index contributed by atoms with van der Waals surface area (Å²) in [7, 11) is 0. The van der Waals surface area contributed by atoms with E-state index in [4.69, 9.17) is 4.74 Å². The summed E-state index contributed by atoms with van der Waals surface area (Å²) in [6.07, 6.45) is 9.55. The fraction of sp³-hybridized carbons (Fsp3) is 0.524. The van der Waals surface area contributed by atoms with Crippen LogP contribution in [0.1, 0.15) is 48.6 Å². The van der Waals surface area contributed by atoms with Crippen LogP contribution in [0.25, 0.3) is 0 Å². The molecule has 2 aromatic heterocycles. The number of rotatable bonds is 5. The summed E-state index contributed by atoms with van der Waals surface area (Å²) in [6.45, 7) is 3.48. The van der Waals surface area contributed by atoms with Gasteiger partial charge in [0, 0.05) is 44.5 Å². The second-order valence-corrected chi connectivity index (χ2v) is 7.83. The number of hydrogen-bond donors (Lipinski definition) is 0. The van der Waals surface area contributed by atoms with Crippen LogP contribution in [0.4, 0.5) is 5.82 Å². The minimum absolute atomic E-state index is 0.0313. The normalized spacial score (nSPS) is 22.4. The van der Waals surface area contributed by atoms with Gasteiger partial charge in [-0.15, -0.1) is 0 Å². The molecule has 1 amide bonds. The minimum Gasteiger partial charge on any atom is -0.485 e. The molecule has 0 unspecified atom stereocenters. The Balaban J connectivity index is 1.26. The van der Waals surface area contributed by atoms with E-state index in [2.05, 4.69) is 14.5 Å². The molecule has 3 fully saturated rings. The molecule has 142 valence electrons. The van der Waals surface area contributed by atoms with Crippen molar-refractivity contribution < 1.29 is 9.53 Å². The lowest BCUT2D eigenvalue weighted by atomic mass is 10.3. The molecule has 1 saturated carbocycles. The number of anilines is 1. The molecule has 6 heteroatoms. The lowest BCUT2D eigenvalue weighted by Crippen LogP contribution is -2.32. The Morgan fingerprint density at radius 1 is 1.07 bits per heavy atom. The van der Waals surface area contributed by atoms with Crippen molar-refractivity contribution in [2.45, 2.75) is 44.2 Å². The summed E-state index contributed by atoms with van der Waals surface area (Å²) in [5.41, 5.74) is 0.817. The lowest BCUT2D eigenvalue weighted by Gasteiger charge is -2.22. The smallest absolute Gasteiger partial charge is 0.270 e. The van der Waals surface area contributed by atoms with Gasteiger partial charge in [-0.2, -0.15) is 0 Å². The molecule has 0 spiro atoms. The van der Waals surface area contributed by atoms with Crippen LogP contribution in [0.2, 0.25) is 0 Å². The Morgan fingerprint density at radius 2 is 1.93 bits per heavy atom. The zero-order valence-electron chi connectivity index (χ0n) is 15.6. The number of carbonyl (C=O) groups is 1. The van der Waals surface area contributed by atoms with Crippen LogP contribution in [0.3, 0.4) is 0 Å². The van der Waals surface area contributed by atoms with Gasteiger partial charge >= 0.3 is 0 Å². The van der Waals surface area contributed by atoms with Gasteiger partial charge in [0.1, 0.15) is 11.8 Å². The first kappa shape index (κ1) is 16.7. The highest BCUT2D eigenvalue weighted by molar-refractivity contribution is 5.93. The summed E-state index contributed by atoms with van der Waals surface area (Å²) in [5.74, 6) is 1.92. The van der Waals surface area contributed by atoms with Crippen LogP contribution >= 0.6 is 0 Å². The van der Waals surface area contributed by atoms with E-state index in [-0.39, 0.29) is 12.0 Å². The highest BCUT2D eigenvalue weighted by atomic mass is 16.5. The van der Waals surface area contributed by atoms with Crippen LogP contribution in [-0.4, -0.2) is 52.6 Å². The van der Waals surface area contributed by atoms with E-state index in [0.29, 0.717) is 12.6 Å². The van der Waals surface area contributed by atoms with E-state index in [1.807, 2.05) is 41.6 Å². The molecule has 4 heterocycles. The second kappa shape index (κ2) is 6.91. The van der Waals surface area contributed by atoms with Crippen LogP contribution < -0.4 is 9.64 Å². The third-order valence-corrected chi connectivity index (χ3v) is 5.82. The van der Waals surface area contributed by atoms with Gasteiger partial charge in [0.25, 0.3) is 5.91 Å². The van der Waals surface area contributed by atoms with E-state index < -0.39 is 0 Å². The molecule has 0 radical (unpaired) electrons. The molecule has 2 aliphatic heterocycles. The maximum Gasteiger partial charge on any atom is 0.270 e. The Labute approximate surface area is 159 Å². The van der Waals surface area contributed by atoms with Gasteiger partial charge in [0.15, 0.2) is 11.6 Å². The molecule has 3 aliphatic rings. The summed E-state index contributed by atoms with van der Waals surface area (Å²) in [4.78, 5) is 21.8. The molecule has 1 aliphatic carbocycles. The predicted octanol–water partition coefficient (Wildman–Crippen LogP) is 3.11. The van der Waals surface area contributed by atoms with E-state index in [0.717, 1.165) is 43.3 Å². The molecule has 1 atom stereocenters. The maximum absolute atomic E-state index is 13.0. The van der Waals surface area contributed by atoms with Crippen molar-refractivity contribution in [3.63, 3.8) is 0 Å². The number of hydrogen-bond acceptors (Lipinski definition) is 4. The highest BCUT2D eigenvalue weighted by Gasteiger charge is 2.33. The Bertz CT molecular complexity index is 823. The van der Waals surface area contributed by atoms with Crippen LogP contribution in [0.15, 0.2) is 36.7 Å². The summed E-state index contributed by atoms with van der Waals surface area (Å²) in [5, 5.41) is 0. The summed E-state index contributed by atoms with van der Waals surface area (Å²) in [6, 6.07) is 8.38. The van der Waals surface area contributed by atoms with Gasteiger partial charge in [-0.1, -0.05) is 0 Å². The summed E-state index contributed by atoms with van der Waals surface area (Å²) >= 11 is 0. The number of nitrogens with zero attached hydrogens (tertiary/aromatic N) is 4. The monoisotopic (exact) mass is 366 g/mol. The van der Waals surface area contributed by atoms with Gasteiger partial charge in [-0.3, -0.25) is 4.79 Å². The minimum atomic E-state index is 0.0313. The third-order valence-electron chi connectivity index (χ3n) is 5.82. The molecule has 0 bridgehead atoms. The molecule has 2 aromatic rings. The molecular weight excluding hydrogens is 340 g/mol. The fourth-order valence-corrected chi connectivity index (χ4v) is 4.24. The SMILES string of the molecule is O=C(c1cccn1C1CC1)N1CC[C@@H](Oc2cccnc2N2CCCC2)C1. The number of pyridine rings is 1. The van der Waals surface area contributed by atoms with Crippen LogP contribution in [-0.2, 0) is 0 Å². The predicted molar refractivity (Wildman–Crippen MR) is 103 cm³/mol. The van der Waals surface area contributed by atoms with E-state index in [9.17, 15) is 4.79 Å². The average molecular weight is 366 g/mol. The van der Waals surface area contributed by atoms with Crippen molar-refractivity contribution in [3.8, 4) is 5.75 Å². The second-order valence-electron chi connectivity index (χ2n) is 7.83. The van der Waals surface area contributed by atoms with Crippen molar-refractivity contribution >= 4 is 11.7 Å². The van der Waals surface area contributed by atoms with Crippen molar-refractivity contribution in [1.82, 2.24) is 14.5 Å². The average Bonchev–Trinajstić information content (AvgIpc) is 3.13. The first-order valence-electron chi connectivity index (χ1n) is 10.1. The third kappa shape index (κ3) is 3.29. The van der Waals surface area contributed by atoms with E-state index in [1.165, 1.54) is 25.7 Å². The molecule has 0 aromatic carbocycles. The molecule has 6 nitrogen and oxygen atoms in total. The highest BCUT2D eigenvalue weighted by Crippen LogP contribution is 2.36. The molecule has 2 saturated heterocycles. The Hall–Kier alpha value is -2.50. The zero-order chi connectivity index (χ0) is 18.2. The van der Waals surface area contributed by atoms with E-state index in [1.54, 1.807) is 0 Å². The quantitative estimate of drug-likeness (QED) is 0.816. The Morgan fingerprint density at radius 3 is 2.74 bits per heavy atom. The summed E-state index contributed by atoms with van der Waals surface area (Å²) < 4.78 is 8.44. The van der Waals surface area contributed by atoms with Gasteiger partial charge in [-0.25, -0.2) is 4.98 Å².